The van der Waals surface area contributed by atoms with Crippen molar-refractivity contribution in [3.05, 3.63) is 51.7 Å². The fourth-order valence-electron chi connectivity index (χ4n) is 2.46. The Labute approximate surface area is 139 Å². The summed E-state index contributed by atoms with van der Waals surface area (Å²) in [6.45, 7) is 3.53. The Kier molecular flexibility index (Phi) is 5.13. The Bertz CT molecular complexity index is 842. The molecule has 2 rings (SSSR count). The van der Waals surface area contributed by atoms with Crippen LogP contribution in [0.25, 0.3) is 11.1 Å². The maximum Gasteiger partial charge on any atom is 0.255 e. The van der Waals surface area contributed by atoms with Gasteiger partial charge in [-0.1, -0.05) is 6.92 Å². The largest absolute Gasteiger partial charge is 0.368 e. The highest BCUT2D eigenvalue weighted by atomic mass is 16.2. The van der Waals surface area contributed by atoms with Crippen molar-refractivity contribution in [3.8, 4) is 11.1 Å². The Hall–Kier alpha value is -2.96. The van der Waals surface area contributed by atoms with Crippen LogP contribution in [-0.4, -0.2) is 40.3 Å². The van der Waals surface area contributed by atoms with Crippen LogP contribution in [-0.2, 0) is 11.2 Å². The van der Waals surface area contributed by atoms with E-state index in [0.717, 1.165) is 11.1 Å². The van der Waals surface area contributed by atoms with Gasteiger partial charge >= 0.3 is 0 Å². The van der Waals surface area contributed by atoms with E-state index in [1.165, 1.54) is 18.1 Å². The standard InChI is InChI=1S/C17H20N4O3/c1-4-11-6-14(10(2)20-16(11)23)12-5-13(8-19-7-12)17(24)21(3)9-15(18)22/h5-8H,4,9H2,1-3H3,(H2,18,22)(H,20,23). The van der Waals surface area contributed by atoms with E-state index in [-0.39, 0.29) is 18.0 Å². The highest BCUT2D eigenvalue weighted by Crippen LogP contribution is 2.22. The van der Waals surface area contributed by atoms with E-state index >= 15 is 0 Å². The fraction of sp³-hybridized carbons (Fsp3) is 0.294. The molecule has 0 saturated carbocycles. The number of pyridine rings is 2. The van der Waals surface area contributed by atoms with Crippen molar-refractivity contribution in [3.63, 3.8) is 0 Å². The molecular weight excluding hydrogens is 308 g/mol. The van der Waals surface area contributed by atoms with Gasteiger partial charge in [0.2, 0.25) is 5.91 Å². The number of aromatic nitrogens is 2. The summed E-state index contributed by atoms with van der Waals surface area (Å²) in [4.78, 5) is 43.3. The van der Waals surface area contributed by atoms with Crippen molar-refractivity contribution in [2.24, 2.45) is 5.73 Å². The van der Waals surface area contributed by atoms with Crippen molar-refractivity contribution in [2.75, 3.05) is 13.6 Å². The quantitative estimate of drug-likeness (QED) is 0.848. The highest BCUT2D eigenvalue weighted by molar-refractivity contribution is 5.96. The first-order valence-electron chi connectivity index (χ1n) is 7.55. The van der Waals surface area contributed by atoms with Gasteiger partial charge in [0.15, 0.2) is 0 Å². The average Bonchev–Trinajstić information content (AvgIpc) is 2.53. The molecule has 0 bridgehead atoms. The third-order valence-electron chi connectivity index (χ3n) is 3.73. The van der Waals surface area contributed by atoms with Gasteiger partial charge in [-0.25, -0.2) is 0 Å². The predicted molar refractivity (Wildman–Crippen MR) is 90.6 cm³/mol. The van der Waals surface area contributed by atoms with Gasteiger partial charge < -0.3 is 15.6 Å². The number of carbonyl (C=O) groups is 2. The molecule has 0 spiro atoms. The molecule has 0 aromatic carbocycles. The molecule has 0 saturated heterocycles. The number of nitrogens with two attached hydrogens (primary N) is 1. The summed E-state index contributed by atoms with van der Waals surface area (Å²) < 4.78 is 0. The van der Waals surface area contributed by atoms with E-state index in [1.54, 1.807) is 19.2 Å². The minimum absolute atomic E-state index is 0.111. The van der Waals surface area contributed by atoms with E-state index in [2.05, 4.69) is 9.97 Å². The fourth-order valence-corrected chi connectivity index (χ4v) is 2.46. The average molecular weight is 328 g/mol. The second-order valence-electron chi connectivity index (χ2n) is 5.61. The molecule has 0 aliphatic carbocycles. The van der Waals surface area contributed by atoms with Crippen LogP contribution in [0.2, 0.25) is 0 Å². The molecule has 24 heavy (non-hydrogen) atoms. The molecule has 7 nitrogen and oxygen atoms in total. The lowest BCUT2D eigenvalue weighted by Gasteiger charge is -2.15. The first-order chi connectivity index (χ1) is 11.3. The molecule has 3 N–H and O–H groups in total. The summed E-state index contributed by atoms with van der Waals surface area (Å²) >= 11 is 0. The number of nitrogens with one attached hydrogen (secondary N) is 1. The molecule has 0 fully saturated rings. The zero-order chi connectivity index (χ0) is 17.9. The molecular formula is C17H20N4O3. The number of rotatable bonds is 5. The molecule has 0 aliphatic rings. The van der Waals surface area contributed by atoms with Crippen LogP contribution in [0, 0.1) is 6.92 Å². The molecule has 0 unspecified atom stereocenters. The third kappa shape index (κ3) is 3.68. The number of primary amides is 1. The molecule has 2 amide bonds. The van der Waals surface area contributed by atoms with Gasteiger partial charge in [0.05, 0.1) is 12.1 Å². The smallest absolute Gasteiger partial charge is 0.255 e. The van der Waals surface area contributed by atoms with E-state index in [4.69, 9.17) is 5.73 Å². The minimum atomic E-state index is -0.584. The van der Waals surface area contributed by atoms with Gasteiger partial charge in [0.25, 0.3) is 11.5 Å². The van der Waals surface area contributed by atoms with Crippen LogP contribution in [0.1, 0.15) is 28.5 Å². The number of likely N-dealkylation sites (N-methyl/N-ethyl adjacent to an activating group) is 1. The number of hydrogen-bond donors (Lipinski definition) is 2. The monoisotopic (exact) mass is 328 g/mol. The SMILES string of the molecule is CCc1cc(-c2cncc(C(=O)N(C)CC(N)=O)c2)c(C)[nH]c1=O. The van der Waals surface area contributed by atoms with Crippen molar-refractivity contribution >= 4 is 11.8 Å². The summed E-state index contributed by atoms with van der Waals surface area (Å²) in [5.74, 6) is -0.931. The van der Waals surface area contributed by atoms with Crippen LogP contribution >= 0.6 is 0 Å². The zero-order valence-corrected chi connectivity index (χ0v) is 13.9. The Morgan fingerprint density at radius 3 is 2.62 bits per heavy atom. The topological polar surface area (TPSA) is 109 Å². The van der Waals surface area contributed by atoms with Gasteiger partial charge in [0, 0.05) is 41.8 Å². The van der Waals surface area contributed by atoms with Gasteiger partial charge in [-0.05, 0) is 25.5 Å². The van der Waals surface area contributed by atoms with Gasteiger partial charge in [-0.3, -0.25) is 19.4 Å². The maximum atomic E-state index is 12.3. The number of amides is 2. The Morgan fingerprint density at radius 2 is 2.00 bits per heavy atom. The summed E-state index contributed by atoms with van der Waals surface area (Å²) in [5, 5.41) is 0. The number of hydrogen-bond acceptors (Lipinski definition) is 4. The normalized spacial score (nSPS) is 10.5. The summed E-state index contributed by atoms with van der Waals surface area (Å²) in [6.07, 6.45) is 3.67. The molecule has 2 aromatic heterocycles. The first-order valence-corrected chi connectivity index (χ1v) is 7.55. The van der Waals surface area contributed by atoms with Crippen LogP contribution in [0.15, 0.2) is 29.3 Å². The van der Waals surface area contributed by atoms with E-state index in [1.807, 2.05) is 13.0 Å². The summed E-state index contributed by atoms with van der Waals surface area (Å²) in [5.41, 5.74) is 8.25. The summed E-state index contributed by atoms with van der Waals surface area (Å²) in [7, 11) is 1.50. The van der Waals surface area contributed by atoms with Crippen molar-refractivity contribution in [2.45, 2.75) is 20.3 Å². The summed E-state index contributed by atoms with van der Waals surface area (Å²) in [6, 6.07) is 3.50. The zero-order valence-electron chi connectivity index (χ0n) is 13.9. The second-order valence-corrected chi connectivity index (χ2v) is 5.61. The van der Waals surface area contributed by atoms with E-state index in [0.29, 0.717) is 23.2 Å². The number of carbonyl (C=O) groups excluding carboxylic acids is 2. The molecule has 0 aliphatic heterocycles. The lowest BCUT2D eigenvalue weighted by atomic mass is 10.0. The van der Waals surface area contributed by atoms with Crippen molar-refractivity contribution in [1.82, 2.24) is 14.9 Å². The minimum Gasteiger partial charge on any atom is -0.368 e. The molecule has 126 valence electrons. The lowest BCUT2D eigenvalue weighted by Crippen LogP contribution is -2.35. The second kappa shape index (κ2) is 7.08. The third-order valence-corrected chi connectivity index (χ3v) is 3.73. The van der Waals surface area contributed by atoms with Gasteiger partial charge in [-0.2, -0.15) is 0 Å². The maximum absolute atomic E-state index is 12.3. The van der Waals surface area contributed by atoms with Crippen LogP contribution in [0.3, 0.4) is 0 Å². The van der Waals surface area contributed by atoms with Crippen LogP contribution in [0.4, 0.5) is 0 Å². The lowest BCUT2D eigenvalue weighted by molar-refractivity contribution is -0.118. The molecule has 0 atom stereocenters. The van der Waals surface area contributed by atoms with Crippen LogP contribution < -0.4 is 11.3 Å². The van der Waals surface area contributed by atoms with Gasteiger partial charge in [0.1, 0.15) is 0 Å². The van der Waals surface area contributed by atoms with E-state index < -0.39 is 5.91 Å². The van der Waals surface area contributed by atoms with E-state index in [9.17, 15) is 14.4 Å². The number of aromatic amines is 1. The molecule has 2 heterocycles. The predicted octanol–water partition coefficient (Wildman–Crippen LogP) is 0.865. The van der Waals surface area contributed by atoms with Crippen molar-refractivity contribution < 1.29 is 9.59 Å². The Balaban J connectivity index is 2.43. The number of aryl methyl sites for hydroxylation is 2. The van der Waals surface area contributed by atoms with Crippen molar-refractivity contribution in [1.29, 1.82) is 0 Å². The molecule has 0 radical (unpaired) electrons. The first kappa shape index (κ1) is 17.4. The highest BCUT2D eigenvalue weighted by Gasteiger charge is 2.15. The molecule has 2 aromatic rings. The molecule has 7 heteroatoms. The van der Waals surface area contributed by atoms with Gasteiger partial charge in [-0.15, -0.1) is 0 Å². The Morgan fingerprint density at radius 1 is 1.29 bits per heavy atom. The number of nitrogens with zero attached hydrogens (tertiary/aromatic N) is 2. The number of H-pyrrole nitrogens is 1. The van der Waals surface area contributed by atoms with Crippen LogP contribution in [0.5, 0.6) is 0 Å².